The maximum absolute atomic E-state index is 9.14. The van der Waals surface area contributed by atoms with Crippen LogP contribution in [0.25, 0.3) is 10.6 Å². The molecule has 1 aliphatic carbocycles. The Morgan fingerprint density at radius 2 is 2.05 bits per heavy atom. The van der Waals surface area contributed by atoms with Gasteiger partial charge in [0.1, 0.15) is 5.01 Å². The predicted molar refractivity (Wildman–Crippen MR) is 82.8 cm³/mol. The van der Waals surface area contributed by atoms with E-state index in [9.17, 15) is 0 Å². The number of hydrogen-bond donors (Lipinski definition) is 1. The minimum absolute atomic E-state index is 0.228. The molecule has 1 aromatic heterocycles. The van der Waals surface area contributed by atoms with Crippen molar-refractivity contribution in [2.75, 3.05) is 13.2 Å². The summed E-state index contributed by atoms with van der Waals surface area (Å²) in [5.41, 5.74) is 3.58. The molecule has 20 heavy (non-hydrogen) atoms. The van der Waals surface area contributed by atoms with Crippen LogP contribution in [-0.4, -0.2) is 34.2 Å². The van der Waals surface area contributed by atoms with E-state index in [-0.39, 0.29) is 6.61 Å². The highest BCUT2D eigenvalue weighted by atomic mass is 32.1. The molecule has 1 aromatic carbocycles. The molecule has 0 radical (unpaired) electrons. The summed E-state index contributed by atoms with van der Waals surface area (Å²) >= 11 is 1.70. The lowest BCUT2D eigenvalue weighted by molar-refractivity contribution is 0.182. The van der Waals surface area contributed by atoms with Crippen LogP contribution >= 0.6 is 11.3 Å². The van der Waals surface area contributed by atoms with Crippen molar-refractivity contribution >= 4 is 11.3 Å². The van der Waals surface area contributed by atoms with Crippen molar-refractivity contribution in [3.05, 3.63) is 40.9 Å². The van der Waals surface area contributed by atoms with Gasteiger partial charge in [-0.3, -0.25) is 4.90 Å². The summed E-state index contributed by atoms with van der Waals surface area (Å²) in [5.74, 6) is 0. The molecule has 1 saturated carbocycles. The van der Waals surface area contributed by atoms with E-state index >= 15 is 0 Å². The van der Waals surface area contributed by atoms with Gasteiger partial charge in [0.15, 0.2) is 0 Å². The Labute approximate surface area is 123 Å². The number of thiazole rings is 1. The van der Waals surface area contributed by atoms with Gasteiger partial charge in [-0.05, 0) is 19.8 Å². The van der Waals surface area contributed by atoms with Gasteiger partial charge in [-0.15, -0.1) is 11.3 Å². The first-order valence-electron chi connectivity index (χ1n) is 7.12. The van der Waals surface area contributed by atoms with Crippen LogP contribution in [0.4, 0.5) is 0 Å². The first-order valence-corrected chi connectivity index (χ1v) is 8.00. The first kappa shape index (κ1) is 13.7. The first-order chi connectivity index (χ1) is 9.76. The minimum atomic E-state index is 0.228. The third-order valence-electron chi connectivity index (χ3n) is 3.67. The van der Waals surface area contributed by atoms with E-state index in [1.165, 1.54) is 24.0 Å². The zero-order chi connectivity index (χ0) is 13.9. The highest BCUT2D eigenvalue weighted by molar-refractivity contribution is 7.13. The average molecular weight is 288 g/mol. The third kappa shape index (κ3) is 3.26. The summed E-state index contributed by atoms with van der Waals surface area (Å²) in [6.07, 6.45) is 2.52. The molecular weight excluding hydrogens is 268 g/mol. The number of benzene rings is 1. The molecule has 0 bridgehead atoms. The Bertz CT molecular complexity index is 560. The largest absolute Gasteiger partial charge is 0.395 e. The van der Waals surface area contributed by atoms with Crippen LogP contribution in [0.1, 0.15) is 24.1 Å². The second kappa shape index (κ2) is 6.04. The molecule has 4 heteroatoms. The zero-order valence-electron chi connectivity index (χ0n) is 11.7. The van der Waals surface area contributed by atoms with Crippen LogP contribution in [0, 0.1) is 6.92 Å². The van der Waals surface area contributed by atoms with Crippen molar-refractivity contribution in [2.45, 2.75) is 32.4 Å². The number of aromatic nitrogens is 1. The van der Waals surface area contributed by atoms with E-state index in [1.54, 1.807) is 11.3 Å². The van der Waals surface area contributed by atoms with Gasteiger partial charge in [0.25, 0.3) is 0 Å². The topological polar surface area (TPSA) is 36.4 Å². The molecule has 0 aliphatic heterocycles. The number of aliphatic hydroxyl groups excluding tert-OH is 1. The smallest absolute Gasteiger partial charge is 0.123 e. The molecule has 1 fully saturated rings. The normalized spacial score (nSPS) is 14.9. The lowest BCUT2D eigenvalue weighted by Crippen LogP contribution is -2.28. The minimum Gasteiger partial charge on any atom is -0.395 e. The summed E-state index contributed by atoms with van der Waals surface area (Å²) < 4.78 is 0. The van der Waals surface area contributed by atoms with Crippen molar-refractivity contribution in [1.29, 1.82) is 0 Å². The Hall–Kier alpha value is -1.23. The third-order valence-corrected chi connectivity index (χ3v) is 4.61. The average Bonchev–Trinajstić information content (AvgIpc) is 3.20. The van der Waals surface area contributed by atoms with E-state index in [2.05, 4.69) is 41.5 Å². The fourth-order valence-corrected chi connectivity index (χ4v) is 3.19. The summed E-state index contributed by atoms with van der Waals surface area (Å²) in [6.45, 7) is 3.93. The Morgan fingerprint density at radius 1 is 1.30 bits per heavy atom. The van der Waals surface area contributed by atoms with E-state index in [0.717, 1.165) is 23.8 Å². The predicted octanol–water partition coefficient (Wildman–Crippen LogP) is 3.08. The van der Waals surface area contributed by atoms with Gasteiger partial charge in [-0.2, -0.15) is 0 Å². The van der Waals surface area contributed by atoms with Crippen LogP contribution in [0.2, 0.25) is 0 Å². The number of aryl methyl sites for hydroxylation is 1. The van der Waals surface area contributed by atoms with Gasteiger partial charge in [-0.1, -0.05) is 29.8 Å². The molecule has 0 unspecified atom stereocenters. The highest BCUT2D eigenvalue weighted by Gasteiger charge is 2.28. The van der Waals surface area contributed by atoms with Gasteiger partial charge in [-0.25, -0.2) is 4.98 Å². The molecule has 3 nitrogen and oxygen atoms in total. The van der Waals surface area contributed by atoms with E-state index < -0.39 is 0 Å². The van der Waals surface area contributed by atoms with Gasteiger partial charge in [0.05, 0.1) is 12.3 Å². The standard InChI is InChI=1S/C16H20N2OS/c1-12-2-4-13(5-3-12)16-17-14(11-20-16)10-18(8-9-19)15-6-7-15/h2-5,11,15,19H,6-10H2,1H3. The van der Waals surface area contributed by atoms with Crippen molar-refractivity contribution in [1.82, 2.24) is 9.88 Å². The lowest BCUT2D eigenvalue weighted by Gasteiger charge is -2.19. The Morgan fingerprint density at radius 3 is 2.70 bits per heavy atom. The SMILES string of the molecule is Cc1ccc(-c2nc(CN(CCO)C3CC3)cs2)cc1. The molecule has 0 amide bonds. The van der Waals surface area contributed by atoms with Gasteiger partial charge < -0.3 is 5.11 Å². The maximum Gasteiger partial charge on any atom is 0.123 e. The van der Waals surface area contributed by atoms with Gasteiger partial charge >= 0.3 is 0 Å². The lowest BCUT2D eigenvalue weighted by atomic mass is 10.2. The fraction of sp³-hybridized carbons (Fsp3) is 0.438. The van der Waals surface area contributed by atoms with Crippen molar-refractivity contribution in [3.8, 4) is 10.6 Å². The molecule has 1 N–H and O–H groups in total. The number of aliphatic hydroxyl groups is 1. The highest BCUT2D eigenvalue weighted by Crippen LogP contribution is 2.29. The van der Waals surface area contributed by atoms with Gasteiger partial charge in [0, 0.05) is 30.1 Å². The Kier molecular flexibility index (Phi) is 4.15. The Balaban J connectivity index is 1.71. The van der Waals surface area contributed by atoms with Gasteiger partial charge in [0.2, 0.25) is 0 Å². The summed E-state index contributed by atoms with van der Waals surface area (Å²) in [5, 5.41) is 12.4. The number of rotatable bonds is 6. The summed E-state index contributed by atoms with van der Waals surface area (Å²) in [4.78, 5) is 7.08. The molecule has 2 aromatic rings. The fourth-order valence-electron chi connectivity index (χ4n) is 2.38. The van der Waals surface area contributed by atoms with E-state index in [4.69, 9.17) is 10.1 Å². The van der Waals surface area contributed by atoms with E-state index in [1.807, 2.05) is 0 Å². The molecule has 0 spiro atoms. The maximum atomic E-state index is 9.14. The van der Waals surface area contributed by atoms with Crippen LogP contribution in [0.3, 0.4) is 0 Å². The monoisotopic (exact) mass is 288 g/mol. The molecule has 0 atom stereocenters. The van der Waals surface area contributed by atoms with Crippen LogP contribution < -0.4 is 0 Å². The quantitative estimate of drug-likeness (QED) is 0.887. The molecule has 1 heterocycles. The zero-order valence-corrected chi connectivity index (χ0v) is 12.6. The summed E-state index contributed by atoms with van der Waals surface area (Å²) in [6, 6.07) is 9.16. The second-order valence-electron chi connectivity index (χ2n) is 5.44. The van der Waals surface area contributed by atoms with Crippen LogP contribution in [-0.2, 0) is 6.54 Å². The van der Waals surface area contributed by atoms with Crippen molar-refractivity contribution in [3.63, 3.8) is 0 Å². The molecule has 3 rings (SSSR count). The molecule has 1 aliphatic rings. The van der Waals surface area contributed by atoms with Crippen LogP contribution in [0.15, 0.2) is 29.6 Å². The molecule has 106 valence electrons. The van der Waals surface area contributed by atoms with Crippen molar-refractivity contribution in [2.24, 2.45) is 0 Å². The summed E-state index contributed by atoms with van der Waals surface area (Å²) in [7, 11) is 0. The van der Waals surface area contributed by atoms with Crippen molar-refractivity contribution < 1.29 is 5.11 Å². The van der Waals surface area contributed by atoms with Crippen LogP contribution in [0.5, 0.6) is 0 Å². The number of hydrogen-bond acceptors (Lipinski definition) is 4. The molecular formula is C16H20N2OS. The second-order valence-corrected chi connectivity index (χ2v) is 6.29. The van der Waals surface area contributed by atoms with E-state index in [0.29, 0.717) is 6.04 Å². The molecule has 0 saturated heterocycles. The number of nitrogens with zero attached hydrogens (tertiary/aromatic N) is 2.